The van der Waals surface area contributed by atoms with Crippen LogP contribution in [0.2, 0.25) is 5.02 Å². The highest BCUT2D eigenvalue weighted by Crippen LogP contribution is 2.44. The van der Waals surface area contributed by atoms with Gasteiger partial charge in [0.2, 0.25) is 5.91 Å². The number of carbonyl (C=O) groups is 1. The van der Waals surface area contributed by atoms with Gasteiger partial charge in [-0.3, -0.25) is 4.79 Å². The Kier molecular flexibility index (Phi) is 5.65. The van der Waals surface area contributed by atoms with Gasteiger partial charge in [0, 0.05) is 5.56 Å². The Morgan fingerprint density at radius 1 is 1.31 bits per heavy atom. The van der Waals surface area contributed by atoms with Gasteiger partial charge in [0.05, 0.1) is 27.4 Å². The second-order valence-electron chi connectivity index (χ2n) is 6.62. The van der Waals surface area contributed by atoms with Crippen LogP contribution in [0.25, 0.3) is 5.69 Å². The molecule has 3 aromatic rings. The number of para-hydroxylation sites is 1. The van der Waals surface area contributed by atoms with Crippen LogP contribution in [-0.4, -0.2) is 28.0 Å². The van der Waals surface area contributed by atoms with Crippen LogP contribution in [0.3, 0.4) is 0 Å². The molecule has 1 amide bonds. The molecule has 0 radical (unpaired) electrons. The Morgan fingerprint density at radius 3 is 2.79 bits per heavy atom. The Morgan fingerprint density at radius 2 is 2.07 bits per heavy atom. The van der Waals surface area contributed by atoms with E-state index in [9.17, 15) is 4.79 Å². The maximum atomic E-state index is 12.4. The van der Waals surface area contributed by atoms with Gasteiger partial charge in [-0.25, -0.2) is 4.68 Å². The highest BCUT2D eigenvalue weighted by molar-refractivity contribution is 8.00. The van der Waals surface area contributed by atoms with E-state index in [0.29, 0.717) is 23.2 Å². The standard InChI is InChI=1S/C22H20ClN3O2S/c1-3-12-28-16-10-8-15(9-11-16)21-20-14(2)25-26(18-7-5-4-6-17(18)23)22(20)24-19(27)13-29-21/h3-11,21H,1,12-13H2,2H3,(H,24,27)/t21-/m0/s1. The van der Waals surface area contributed by atoms with Crippen molar-refractivity contribution in [1.82, 2.24) is 9.78 Å². The van der Waals surface area contributed by atoms with Gasteiger partial charge in [-0.05, 0) is 36.8 Å². The minimum atomic E-state index is -0.0575. The van der Waals surface area contributed by atoms with Crippen molar-refractivity contribution in [1.29, 1.82) is 0 Å². The summed E-state index contributed by atoms with van der Waals surface area (Å²) in [5.74, 6) is 1.75. The second-order valence-corrected chi connectivity index (χ2v) is 8.12. The molecule has 0 saturated carbocycles. The maximum absolute atomic E-state index is 12.4. The van der Waals surface area contributed by atoms with Gasteiger partial charge in [-0.15, -0.1) is 11.8 Å². The van der Waals surface area contributed by atoms with Crippen molar-refractivity contribution < 1.29 is 9.53 Å². The topological polar surface area (TPSA) is 56.1 Å². The van der Waals surface area contributed by atoms with Crippen molar-refractivity contribution in [3.05, 3.63) is 83.0 Å². The van der Waals surface area contributed by atoms with Gasteiger partial charge in [0.1, 0.15) is 18.2 Å². The minimum Gasteiger partial charge on any atom is -0.490 e. The van der Waals surface area contributed by atoms with E-state index in [2.05, 4.69) is 11.9 Å². The lowest BCUT2D eigenvalue weighted by Gasteiger charge is -2.16. The zero-order valence-corrected chi connectivity index (χ0v) is 17.5. The monoisotopic (exact) mass is 425 g/mol. The summed E-state index contributed by atoms with van der Waals surface area (Å²) in [6, 6.07) is 15.4. The highest BCUT2D eigenvalue weighted by atomic mass is 35.5. The molecule has 0 aliphatic carbocycles. The second kappa shape index (κ2) is 8.35. The lowest BCUT2D eigenvalue weighted by atomic mass is 10.0. The summed E-state index contributed by atoms with van der Waals surface area (Å²) < 4.78 is 7.31. The summed E-state index contributed by atoms with van der Waals surface area (Å²) in [6.07, 6.45) is 1.71. The van der Waals surface area contributed by atoms with Crippen LogP contribution in [-0.2, 0) is 4.79 Å². The van der Waals surface area contributed by atoms with Crippen molar-refractivity contribution in [2.45, 2.75) is 12.2 Å². The van der Waals surface area contributed by atoms with E-state index in [-0.39, 0.29) is 11.2 Å². The lowest BCUT2D eigenvalue weighted by Crippen LogP contribution is -2.16. The molecule has 1 N–H and O–H groups in total. The van der Waals surface area contributed by atoms with Crippen LogP contribution in [0.15, 0.2) is 61.2 Å². The smallest absolute Gasteiger partial charge is 0.235 e. The molecule has 0 bridgehead atoms. The maximum Gasteiger partial charge on any atom is 0.235 e. The zero-order chi connectivity index (χ0) is 20.4. The van der Waals surface area contributed by atoms with E-state index >= 15 is 0 Å². The van der Waals surface area contributed by atoms with Crippen molar-refractivity contribution in [3.63, 3.8) is 0 Å². The minimum absolute atomic E-state index is 0.0337. The number of halogens is 1. The first kappa shape index (κ1) is 19.6. The summed E-state index contributed by atoms with van der Waals surface area (Å²) in [6.45, 7) is 6.09. The van der Waals surface area contributed by atoms with Crippen LogP contribution < -0.4 is 10.1 Å². The number of nitrogens with one attached hydrogen (secondary N) is 1. The van der Waals surface area contributed by atoms with Crippen LogP contribution in [0.1, 0.15) is 22.1 Å². The first-order valence-electron chi connectivity index (χ1n) is 9.18. The van der Waals surface area contributed by atoms with Crippen molar-refractivity contribution in [2.75, 3.05) is 17.7 Å². The molecule has 2 heterocycles. The van der Waals surface area contributed by atoms with Crippen molar-refractivity contribution in [3.8, 4) is 11.4 Å². The number of benzene rings is 2. The molecule has 0 spiro atoms. The largest absolute Gasteiger partial charge is 0.490 e. The fourth-order valence-electron chi connectivity index (χ4n) is 3.34. The molecule has 0 fully saturated rings. The predicted octanol–water partition coefficient (Wildman–Crippen LogP) is 5.17. The van der Waals surface area contributed by atoms with E-state index in [1.54, 1.807) is 22.5 Å². The summed E-state index contributed by atoms with van der Waals surface area (Å²) in [7, 11) is 0. The van der Waals surface area contributed by atoms with Crippen LogP contribution in [0.5, 0.6) is 5.75 Å². The summed E-state index contributed by atoms with van der Waals surface area (Å²) in [5.41, 5.74) is 3.66. The number of aromatic nitrogens is 2. The molecule has 4 rings (SSSR count). The summed E-state index contributed by atoms with van der Waals surface area (Å²) >= 11 is 7.98. The van der Waals surface area contributed by atoms with Crippen LogP contribution in [0, 0.1) is 6.92 Å². The molecular formula is C22H20ClN3O2S. The SMILES string of the molecule is C=CCOc1ccc([C@@H]2SCC(=O)Nc3c2c(C)nn3-c2ccccc2Cl)cc1. The Hall–Kier alpha value is -2.70. The molecule has 148 valence electrons. The normalized spacial score (nSPS) is 15.9. The number of fused-ring (bicyclic) bond motifs is 1. The number of hydrogen-bond acceptors (Lipinski definition) is 4. The third-order valence-corrected chi connectivity index (χ3v) is 6.23. The third kappa shape index (κ3) is 3.91. The Bertz CT molecular complexity index is 1060. The Balaban J connectivity index is 1.79. The third-order valence-electron chi connectivity index (χ3n) is 4.64. The van der Waals surface area contributed by atoms with Crippen molar-refractivity contribution in [2.24, 2.45) is 0 Å². The molecular weight excluding hydrogens is 406 g/mol. The molecule has 7 heteroatoms. The van der Waals surface area contributed by atoms with Gasteiger partial charge in [-0.2, -0.15) is 5.10 Å². The number of rotatable bonds is 5. The first-order valence-corrected chi connectivity index (χ1v) is 10.6. The van der Waals surface area contributed by atoms with E-state index in [0.717, 1.165) is 28.3 Å². The summed E-state index contributed by atoms with van der Waals surface area (Å²) in [4.78, 5) is 12.4. The van der Waals surface area contributed by atoms with Gasteiger partial charge in [0.15, 0.2) is 0 Å². The molecule has 5 nitrogen and oxygen atoms in total. The molecule has 1 atom stereocenters. The van der Waals surface area contributed by atoms with E-state index in [4.69, 9.17) is 21.4 Å². The first-order chi connectivity index (χ1) is 14.1. The number of hydrogen-bond donors (Lipinski definition) is 1. The number of amides is 1. The number of nitrogens with zero attached hydrogens (tertiary/aromatic N) is 2. The van der Waals surface area contributed by atoms with Gasteiger partial charge >= 0.3 is 0 Å². The lowest BCUT2D eigenvalue weighted by molar-refractivity contribution is -0.113. The van der Waals surface area contributed by atoms with E-state index in [1.165, 1.54) is 0 Å². The van der Waals surface area contributed by atoms with E-state index < -0.39 is 0 Å². The summed E-state index contributed by atoms with van der Waals surface area (Å²) in [5, 5.41) is 8.26. The molecule has 0 unspecified atom stereocenters. The molecule has 0 saturated heterocycles. The van der Waals surface area contributed by atoms with Gasteiger partial charge in [-0.1, -0.05) is 48.5 Å². The van der Waals surface area contributed by atoms with Crippen molar-refractivity contribution >= 4 is 35.1 Å². The number of aryl methyl sites for hydroxylation is 1. The van der Waals surface area contributed by atoms with E-state index in [1.807, 2.05) is 55.5 Å². The van der Waals surface area contributed by atoms with Crippen LogP contribution in [0.4, 0.5) is 5.82 Å². The Labute approximate surface area is 178 Å². The zero-order valence-electron chi connectivity index (χ0n) is 15.9. The number of anilines is 1. The average Bonchev–Trinajstić information content (AvgIpc) is 2.92. The van der Waals surface area contributed by atoms with Gasteiger partial charge in [0.25, 0.3) is 0 Å². The molecule has 29 heavy (non-hydrogen) atoms. The highest BCUT2D eigenvalue weighted by Gasteiger charge is 2.30. The van der Waals surface area contributed by atoms with Gasteiger partial charge < -0.3 is 10.1 Å². The number of ether oxygens (including phenoxy) is 1. The fourth-order valence-corrected chi connectivity index (χ4v) is 4.74. The molecule has 1 aromatic heterocycles. The molecule has 1 aliphatic heterocycles. The average molecular weight is 426 g/mol. The van der Waals surface area contributed by atoms with Crippen LogP contribution >= 0.6 is 23.4 Å². The quantitative estimate of drug-likeness (QED) is 0.572. The fraction of sp³-hybridized carbons (Fsp3) is 0.182. The predicted molar refractivity (Wildman–Crippen MR) is 118 cm³/mol. The number of thioether (sulfide) groups is 1. The number of carbonyl (C=O) groups excluding carboxylic acids is 1. The molecule has 1 aliphatic rings. The molecule has 2 aromatic carbocycles.